The minimum Gasteiger partial charge on any atom is -0.454 e. The van der Waals surface area contributed by atoms with Gasteiger partial charge in [0.1, 0.15) is 5.75 Å². The third-order valence-corrected chi connectivity index (χ3v) is 3.74. The molecule has 6 heteroatoms. The van der Waals surface area contributed by atoms with Gasteiger partial charge in [-0.1, -0.05) is 23.2 Å². The lowest BCUT2D eigenvalue weighted by molar-refractivity contribution is 0.483. The van der Waals surface area contributed by atoms with Crippen molar-refractivity contribution in [1.82, 2.24) is 9.55 Å². The Morgan fingerprint density at radius 3 is 2.57 bits per heavy atom. The fourth-order valence-corrected chi connectivity index (χ4v) is 2.73. The van der Waals surface area contributed by atoms with E-state index in [-0.39, 0.29) is 0 Å². The molecular weight excluding hydrogens is 309 g/mol. The highest BCUT2D eigenvalue weighted by Crippen LogP contribution is 2.38. The lowest BCUT2D eigenvalue weighted by Crippen LogP contribution is -1.93. The van der Waals surface area contributed by atoms with Crippen LogP contribution in [0.3, 0.4) is 0 Å². The van der Waals surface area contributed by atoms with Gasteiger partial charge in [0, 0.05) is 18.3 Å². The Labute approximate surface area is 132 Å². The molecule has 108 valence electrons. The number of imidazole rings is 1. The minimum atomic E-state index is 0.379. The van der Waals surface area contributed by atoms with Gasteiger partial charge in [0.15, 0.2) is 5.75 Å². The van der Waals surface area contributed by atoms with Crippen molar-refractivity contribution in [2.75, 3.05) is 5.73 Å². The Morgan fingerprint density at radius 1 is 1.19 bits per heavy atom. The standard InChI is InChI=1S/C15H13Cl2N3O/c1-2-20-8-19-13-4-3-10(7-14(13)20)21-15-11(16)5-9(18)6-12(15)17/h3-8H,2,18H2,1H3. The van der Waals surface area contributed by atoms with Crippen molar-refractivity contribution in [1.29, 1.82) is 0 Å². The maximum atomic E-state index is 6.13. The summed E-state index contributed by atoms with van der Waals surface area (Å²) in [5, 5.41) is 0.758. The summed E-state index contributed by atoms with van der Waals surface area (Å²) in [5.41, 5.74) is 8.09. The van der Waals surface area contributed by atoms with E-state index in [1.165, 1.54) is 0 Å². The fourth-order valence-electron chi connectivity index (χ4n) is 2.15. The number of anilines is 1. The van der Waals surface area contributed by atoms with Crippen LogP contribution >= 0.6 is 23.2 Å². The maximum Gasteiger partial charge on any atom is 0.164 e. The maximum absolute atomic E-state index is 6.13. The van der Waals surface area contributed by atoms with Gasteiger partial charge in [-0.3, -0.25) is 0 Å². The second-order valence-corrected chi connectivity index (χ2v) is 5.41. The van der Waals surface area contributed by atoms with Crippen LogP contribution in [0.25, 0.3) is 11.0 Å². The number of hydrogen-bond donors (Lipinski definition) is 1. The van der Waals surface area contributed by atoms with E-state index in [2.05, 4.69) is 11.9 Å². The number of aryl methyl sites for hydroxylation is 1. The Balaban J connectivity index is 2.02. The van der Waals surface area contributed by atoms with Crippen LogP contribution < -0.4 is 10.5 Å². The number of nitrogens with zero attached hydrogens (tertiary/aromatic N) is 2. The smallest absolute Gasteiger partial charge is 0.164 e. The predicted molar refractivity (Wildman–Crippen MR) is 86.4 cm³/mol. The summed E-state index contributed by atoms with van der Waals surface area (Å²) in [4.78, 5) is 4.32. The summed E-state index contributed by atoms with van der Waals surface area (Å²) >= 11 is 12.3. The molecule has 0 amide bonds. The number of nitrogens with two attached hydrogens (primary N) is 1. The zero-order valence-corrected chi connectivity index (χ0v) is 12.8. The van der Waals surface area contributed by atoms with Crippen molar-refractivity contribution in [3.05, 3.63) is 46.7 Å². The van der Waals surface area contributed by atoms with Crippen LogP contribution in [-0.2, 0) is 6.54 Å². The second-order valence-electron chi connectivity index (χ2n) is 4.60. The zero-order chi connectivity index (χ0) is 15.0. The molecule has 2 aromatic carbocycles. The highest BCUT2D eigenvalue weighted by atomic mass is 35.5. The molecule has 0 radical (unpaired) electrons. The van der Waals surface area contributed by atoms with Crippen LogP contribution in [-0.4, -0.2) is 9.55 Å². The van der Waals surface area contributed by atoms with Gasteiger partial charge in [-0.25, -0.2) is 4.98 Å². The Hall–Kier alpha value is -1.91. The number of ether oxygens (including phenoxy) is 1. The molecule has 0 aliphatic heterocycles. The van der Waals surface area contributed by atoms with Gasteiger partial charge in [0.2, 0.25) is 0 Å². The van der Waals surface area contributed by atoms with E-state index < -0.39 is 0 Å². The first-order valence-electron chi connectivity index (χ1n) is 6.45. The molecule has 3 aromatic rings. The number of halogens is 2. The predicted octanol–water partition coefficient (Wildman–Crippen LogP) is 4.74. The third-order valence-electron chi connectivity index (χ3n) is 3.17. The number of fused-ring (bicyclic) bond motifs is 1. The summed E-state index contributed by atoms with van der Waals surface area (Å²) in [6.45, 7) is 2.89. The van der Waals surface area contributed by atoms with Crippen molar-refractivity contribution < 1.29 is 4.74 Å². The number of hydrogen-bond acceptors (Lipinski definition) is 3. The van der Waals surface area contributed by atoms with E-state index in [0.717, 1.165) is 17.6 Å². The second kappa shape index (κ2) is 5.47. The van der Waals surface area contributed by atoms with Crippen LogP contribution in [0, 0.1) is 0 Å². The van der Waals surface area contributed by atoms with Crippen molar-refractivity contribution in [2.45, 2.75) is 13.5 Å². The number of nitrogen functional groups attached to an aromatic ring is 1. The SMILES string of the molecule is CCn1cnc2ccc(Oc3c(Cl)cc(N)cc3Cl)cc21. The Bertz CT molecular complexity index is 791. The average Bonchev–Trinajstić information content (AvgIpc) is 2.85. The molecule has 0 aliphatic rings. The van der Waals surface area contributed by atoms with Gasteiger partial charge < -0.3 is 15.0 Å². The van der Waals surface area contributed by atoms with Crippen molar-refractivity contribution >= 4 is 39.9 Å². The van der Waals surface area contributed by atoms with E-state index >= 15 is 0 Å². The topological polar surface area (TPSA) is 53.1 Å². The molecule has 0 aliphatic carbocycles. The molecule has 0 fully saturated rings. The zero-order valence-electron chi connectivity index (χ0n) is 11.3. The molecule has 2 N–H and O–H groups in total. The van der Waals surface area contributed by atoms with Crippen LogP contribution in [0.5, 0.6) is 11.5 Å². The molecule has 0 saturated carbocycles. The first kappa shape index (κ1) is 14.0. The normalized spacial score (nSPS) is 11.0. The summed E-state index contributed by atoms with van der Waals surface area (Å²) in [6.07, 6.45) is 1.80. The molecule has 0 atom stereocenters. The highest BCUT2D eigenvalue weighted by Gasteiger charge is 2.11. The summed E-state index contributed by atoms with van der Waals surface area (Å²) < 4.78 is 7.85. The Morgan fingerprint density at radius 2 is 1.90 bits per heavy atom. The lowest BCUT2D eigenvalue weighted by Gasteiger charge is -2.10. The van der Waals surface area contributed by atoms with Gasteiger partial charge >= 0.3 is 0 Å². The molecule has 1 heterocycles. The average molecular weight is 322 g/mol. The van der Waals surface area contributed by atoms with E-state index in [4.69, 9.17) is 33.7 Å². The molecule has 0 bridgehead atoms. The molecule has 21 heavy (non-hydrogen) atoms. The number of benzene rings is 2. The van der Waals surface area contributed by atoms with Gasteiger partial charge in [-0.05, 0) is 31.2 Å². The van der Waals surface area contributed by atoms with E-state index in [0.29, 0.717) is 27.2 Å². The van der Waals surface area contributed by atoms with E-state index in [1.807, 2.05) is 22.8 Å². The summed E-state index contributed by atoms with van der Waals surface area (Å²) in [6, 6.07) is 8.86. The van der Waals surface area contributed by atoms with E-state index in [1.54, 1.807) is 18.5 Å². The van der Waals surface area contributed by atoms with Crippen LogP contribution in [0.15, 0.2) is 36.7 Å². The lowest BCUT2D eigenvalue weighted by atomic mass is 10.2. The highest BCUT2D eigenvalue weighted by molar-refractivity contribution is 6.37. The Kier molecular flexibility index (Phi) is 3.66. The van der Waals surface area contributed by atoms with Gasteiger partial charge in [0.05, 0.1) is 27.4 Å². The summed E-state index contributed by atoms with van der Waals surface area (Å²) in [7, 11) is 0. The van der Waals surface area contributed by atoms with Crippen LogP contribution in [0.4, 0.5) is 5.69 Å². The summed E-state index contributed by atoms with van der Waals surface area (Å²) in [5.74, 6) is 1.04. The van der Waals surface area contributed by atoms with Gasteiger partial charge in [-0.15, -0.1) is 0 Å². The molecule has 1 aromatic heterocycles. The fraction of sp³-hybridized carbons (Fsp3) is 0.133. The van der Waals surface area contributed by atoms with Crippen molar-refractivity contribution in [2.24, 2.45) is 0 Å². The molecular formula is C15H13Cl2N3O. The molecule has 3 rings (SSSR count). The van der Waals surface area contributed by atoms with Crippen molar-refractivity contribution in [3.8, 4) is 11.5 Å². The molecule has 0 spiro atoms. The number of aromatic nitrogens is 2. The largest absolute Gasteiger partial charge is 0.454 e. The van der Waals surface area contributed by atoms with Crippen LogP contribution in [0.1, 0.15) is 6.92 Å². The third kappa shape index (κ3) is 2.64. The molecule has 4 nitrogen and oxygen atoms in total. The minimum absolute atomic E-state index is 0.379. The number of rotatable bonds is 3. The quantitative estimate of drug-likeness (QED) is 0.709. The van der Waals surface area contributed by atoms with Crippen LogP contribution in [0.2, 0.25) is 10.0 Å². The van der Waals surface area contributed by atoms with Gasteiger partial charge in [-0.2, -0.15) is 0 Å². The van der Waals surface area contributed by atoms with E-state index in [9.17, 15) is 0 Å². The molecule has 0 saturated heterocycles. The van der Waals surface area contributed by atoms with Crippen molar-refractivity contribution in [3.63, 3.8) is 0 Å². The monoisotopic (exact) mass is 321 g/mol. The van der Waals surface area contributed by atoms with Gasteiger partial charge in [0.25, 0.3) is 0 Å². The first-order chi connectivity index (χ1) is 10.1. The molecule has 0 unspecified atom stereocenters. The first-order valence-corrected chi connectivity index (χ1v) is 7.21.